The quantitative estimate of drug-likeness (QED) is 0.686. The lowest BCUT2D eigenvalue weighted by Crippen LogP contribution is -2.32. The van der Waals surface area contributed by atoms with E-state index < -0.39 is 0 Å². The lowest BCUT2D eigenvalue weighted by molar-refractivity contribution is 0.764. The SMILES string of the molecule is C/C=C1/CCN(c2ccccc2)C/C1=C/C. The van der Waals surface area contributed by atoms with Crippen molar-refractivity contribution in [1.29, 1.82) is 0 Å². The topological polar surface area (TPSA) is 3.24 Å². The largest absolute Gasteiger partial charge is 0.367 e. The molecule has 16 heavy (non-hydrogen) atoms. The summed E-state index contributed by atoms with van der Waals surface area (Å²) in [6, 6.07) is 10.7. The zero-order chi connectivity index (χ0) is 11.4. The Balaban J connectivity index is 2.17. The van der Waals surface area contributed by atoms with Crippen LogP contribution >= 0.6 is 0 Å². The van der Waals surface area contributed by atoms with Gasteiger partial charge in [-0.2, -0.15) is 0 Å². The second-order valence-electron chi connectivity index (χ2n) is 4.13. The fraction of sp³-hybridized carbons (Fsp3) is 0.333. The number of hydrogen-bond acceptors (Lipinski definition) is 1. The molecule has 0 aromatic heterocycles. The third kappa shape index (κ3) is 2.19. The first-order chi connectivity index (χ1) is 7.85. The summed E-state index contributed by atoms with van der Waals surface area (Å²) in [7, 11) is 0. The maximum Gasteiger partial charge on any atom is 0.0428 e. The van der Waals surface area contributed by atoms with Crippen molar-refractivity contribution in [2.45, 2.75) is 20.3 Å². The molecule has 0 aliphatic carbocycles. The van der Waals surface area contributed by atoms with E-state index >= 15 is 0 Å². The number of hydrogen-bond donors (Lipinski definition) is 0. The fourth-order valence-electron chi connectivity index (χ4n) is 2.27. The Hall–Kier alpha value is -1.50. The van der Waals surface area contributed by atoms with E-state index in [0.717, 1.165) is 19.5 Å². The van der Waals surface area contributed by atoms with Crippen LogP contribution in [0.15, 0.2) is 53.6 Å². The molecular formula is C15H19N. The van der Waals surface area contributed by atoms with E-state index in [9.17, 15) is 0 Å². The molecule has 0 spiro atoms. The van der Waals surface area contributed by atoms with Crippen molar-refractivity contribution in [3.8, 4) is 0 Å². The zero-order valence-corrected chi connectivity index (χ0v) is 10.1. The Bertz CT molecular complexity index is 401. The van der Waals surface area contributed by atoms with E-state index in [0.29, 0.717) is 0 Å². The van der Waals surface area contributed by atoms with Gasteiger partial charge < -0.3 is 4.90 Å². The van der Waals surface area contributed by atoms with E-state index in [-0.39, 0.29) is 0 Å². The van der Waals surface area contributed by atoms with E-state index in [1.807, 2.05) is 0 Å². The van der Waals surface area contributed by atoms with E-state index in [4.69, 9.17) is 0 Å². The van der Waals surface area contributed by atoms with Gasteiger partial charge >= 0.3 is 0 Å². The first-order valence-corrected chi connectivity index (χ1v) is 5.96. The van der Waals surface area contributed by atoms with Crippen LogP contribution in [0.25, 0.3) is 0 Å². The molecule has 1 aromatic carbocycles. The third-order valence-corrected chi connectivity index (χ3v) is 3.24. The summed E-state index contributed by atoms with van der Waals surface area (Å²) >= 11 is 0. The van der Waals surface area contributed by atoms with Crippen molar-refractivity contribution in [1.82, 2.24) is 0 Å². The molecule has 0 atom stereocenters. The van der Waals surface area contributed by atoms with Crippen LogP contribution < -0.4 is 4.90 Å². The normalized spacial score (nSPS) is 21.8. The van der Waals surface area contributed by atoms with Gasteiger partial charge in [-0.25, -0.2) is 0 Å². The second kappa shape index (κ2) is 5.02. The first-order valence-electron chi connectivity index (χ1n) is 5.96. The average Bonchev–Trinajstić information content (AvgIpc) is 2.39. The van der Waals surface area contributed by atoms with E-state index in [2.05, 4.69) is 61.2 Å². The number of anilines is 1. The molecule has 1 aromatic rings. The number of nitrogens with zero attached hydrogens (tertiary/aromatic N) is 1. The number of rotatable bonds is 1. The highest BCUT2D eigenvalue weighted by atomic mass is 15.1. The van der Waals surface area contributed by atoms with Crippen LogP contribution in [0, 0.1) is 0 Å². The highest BCUT2D eigenvalue weighted by Crippen LogP contribution is 2.26. The van der Waals surface area contributed by atoms with E-state index in [1.165, 1.54) is 16.8 Å². The molecule has 1 nitrogen and oxygen atoms in total. The first kappa shape index (κ1) is 11.0. The molecule has 1 heteroatoms. The Morgan fingerprint density at radius 2 is 1.69 bits per heavy atom. The molecule has 1 saturated heterocycles. The molecule has 1 aliphatic rings. The Labute approximate surface area is 98.1 Å². The van der Waals surface area contributed by atoms with Crippen molar-refractivity contribution >= 4 is 5.69 Å². The van der Waals surface area contributed by atoms with Gasteiger partial charge in [-0.1, -0.05) is 30.4 Å². The minimum Gasteiger partial charge on any atom is -0.367 e. The van der Waals surface area contributed by atoms with Gasteiger partial charge in [-0.15, -0.1) is 0 Å². The minimum absolute atomic E-state index is 1.04. The Morgan fingerprint density at radius 3 is 2.31 bits per heavy atom. The van der Waals surface area contributed by atoms with Crippen LogP contribution in [0.5, 0.6) is 0 Å². The molecule has 0 unspecified atom stereocenters. The molecule has 0 amide bonds. The highest BCUT2D eigenvalue weighted by Gasteiger charge is 2.17. The molecule has 84 valence electrons. The fourth-order valence-corrected chi connectivity index (χ4v) is 2.27. The van der Waals surface area contributed by atoms with Gasteiger partial charge in [0.05, 0.1) is 0 Å². The lowest BCUT2D eigenvalue weighted by atomic mass is 9.97. The van der Waals surface area contributed by atoms with Gasteiger partial charge in [0.25, 0.3) is 0 Å². The molecule has 1 fully saturated rings. The molecule has 1 heterocycles. The standard InChI is InChI=1S/C15H19N/c1-3-13-10-11-16(12-14(13)4-2)15-8-6-5-7-9-15/h3-9H,10-12H2,1-2H3/b13-3-,14-4-. The van der Waals surface area contributed by atoms with Crippen LogP contribution in [0.3, 0.4) is 0 Å². The number of para-hydroxylation sites is 1. The zero-order valence-electron chi connectivity index (χ0n) is 10.1. The summed E-state index contributed by atoms with van der Waals surface area (Å²) in [4.78, 5) is 2.45. The van der Waals surface area contributed by atoms with Gasteiger partial charge in [-0.05, 0) is 43.5 Å². The molecule has 0 radical (unpaired) electrons. The van der Waals surface area contributed by atoms with Crippen LogP contribution in [0.2, 0.25) is 0 Å². The summed E-state index contributed by atoms with van der Waals surface area (Å²) in [6.07, 6.45) is 5.65. The van der Waals surface area contributed by atoms with Gasteiger partial charge in [-0.3, -0.25) is 0 Å². The predicted molar refractivity (Wildman–Crippen MR) is 70.8 cm³/mol. The van der Waals surface area contributed by atoms with Gasteiger partial charge in [0, 0.05) is 18.8 Å². The number of piperidine rings is 1. The third-order valence-electron chi connectivity index (χ3n) is 3.24. The van der Waals surface area contributed by atoms with Crippen molar-refractivity contribution in [3.63, 3.8) is 0 Å². The van der Waals surface area contributed by atoms with Crippen molar-refractivity contribution < 1.29 is 0 Å². The van der Waals surface area contributed by atoms with Crippen molar-refractivity contribution in [2.24, 2.45) is 0 Å². The predicted octanol–water partition coefficient (Wildman–Crippen LogP) is 3.79. The smallest absolute Gasteiger partial charge is 0.0428 e. The lowest BCUT2D eigenvalue weighted by Gasteiger charge is -2.32. The van der Waals surface area contributed by atoms with Crippen molar-refractivity contribution in [3.05, 3.63) is 53.6 Å². The summed E-state index contributed by atoms with van der Waals surface area (Å²) < 4.78 is 0. The van der Waals surface area contributed by atoms with Crippen LogP contribution in [-0.2, 0) is 0 Å². The second-order valence-corrected chi connectivity index (χ2v) is 4.13. The maximum absolute atomic E-state index is 2.45. The number of benzene rings is 1. The molecule has 2 rings (SSSR count). The van der Waals surface area contributed by atoms with Gasteiger partial charge in [0.15, 0.2) is 0 Å². The highest BCUT2D eigenvalue weighted by molar-refractivity contribution is 5.51. The molecule has 1 aliphatic heterocycles. The number of allylic oxidation sites excluding steroid dienone is 2. The molecule has 0 N–H and O–H groups in total. The monoisotopic (exact) mass is 213 g/mol. The summed E-state index contributed by atoms with van der Waals surface area (Å²) in [5.41, 5.74) is 4.31. The Morgan fingerprint density at radius 1 is 1.00 bits per heavy atom. The average molecular weight is 213 g/mol. The van der Waals surface area contributed by atoms with Crippen LogP contribution in [0.1, 0.15) is 20.3 Å². The summed E-state index contributed by atoms with van der Waals surface area (Å²) in [6.45, 7) is 6.44. The van der Waals surface area contributed by atoms with Gasteiger partial charge in [0.1, 0.15) is 0 Å². The summed E-state index contributed by atoms with van der Waals surface area (Å²) in [5.74, 6) is 0. The maximum atomic E-state index is 2.45. The molecule has 0 bridgehead atoms. The van der Waals surface area contributed by atoms with Crippen LogP contribution in [0.4, 0.5) is 5.69 Å². The molecule has 0 saturated carbocycles. The van der Waals surface area contributed by atoms with E-state index in [1.54, 1.807) is 0 Å². The van der Waals surface area contributed by atoms with Gasteiger partial charge in [0.2, 0.25) is 0 Å². The van der Waals surface area contributed by atoms with Crippen LogP contribution in [-0.4, -0.2) is 13.1 Å². The van der Waals surface area contributed by atoms with Crippen molar-refractivity contribution in [2.75, 3.05) is 18.0 Å². The summed E-state index contributed by atoms with van der Waals surface area (Å²) in [5, 5.41) is 0. The molecular weight excluding hydrogens is 194 g/mol. The minimum atomic E-state index is 1.04. The Kier molecular flexibility index (Phi) is 3.45.